The normalized spacial score (nSPS) is 11.8. The van der Waals surface area contributed by atoms with Crippen molar-refractivity contribution in [3.05, 3.63) is 24.3 Å². The van der Waals surface area contributed by atoms with Gasteiger partial charge in [-0.3, -0.25) is 4.79 Å². The van der Waals surface area contributed by atoms with Crippen molar-refractivity contribution in [1.29, 1.82) is 0 Å². The molecule has 20 heavy (non-hydrogen) atoms. The highest BCUT2D eigenvalue weighted by atomic mass is 35.5. The quantitative estimate of drug-likeness (QED) is 0.428. The molecule has 0 radical (unpaired) electrons. The van der Waals surface area contributed by atoms with Gasteiger partial charge in [0.05, 0.1) is 13.7 Å². The molecule has 0 saturated carbocycles. The molecular weight excluding hydrogens is 282 g/mol. The number of hydrogen-bond acceptors (Lipinski definition) is 5. The van der Waals surface area contributed by atoms with Crippen molar-refractivity contribution in [2.75, 3.05) is 33.4 Å². The van der Waals surface area contributed by atoms with Crippen LogP contribution in [0.5, 0.6) is 11.5 Å². The Morgan fingerprint density at radius 1 is 1.30 bits per heavy atom. The van der Waals surface area contributed by atoms with E-state index >= 15 is 0 Å². The Morgan fingerprint density at radius 2 is 1.95 bits per heavy atom. The fourth-order valence-corrected chi connectivity index (χ4v) is 1.72. The molecule has 0 aromatic heterocycles. The van der Waals surface area contributed by atoms with Gasteiger partial charge in [-0.25, -0.2) is 0 Å². The van der Waals surface area contributed by atoms with E-state index in [2.05, 4.69) is 10.1 Å². The summed E-state index contributed by atoms with van der Waals surface area (Å²) in [6.45, 7) is 3.87. The van der Waals surface area contributed by atoms with Crippen molar-refractivity contribution in [3.8, 4) is 11.5 Å². The number of nitrogens with one attached hydrogen (secondary N) is 1. The summed E-state index contributed by atoms with van der Waals surface area (Å²) in [7, 11) is 1.31. The van der Waals surface area contributed by atoms with Crippen LogP contribution in [-0.4, -0.2) is 44.8 Å². The minimum Gasteiger partial charge on any atom is -0.490 e. The number of benzene rings is 1. The first kappa shape index (κ1) is 16.6. The molecule has 6 heteroatoms. The summed E-state index contributed by atoms with van der Waals surface area (Å²) in [4.78, 5) is 11.1. The Balaban J connectivity index is 2.26. The lowest BCUT2D eigenvalue weighted by molar-refractivity contribution is -0.140. The lowest BCUT2D eigenvalue weighted by Gasteiger charge is -2.12. The van der Waals surface area contributed by atoms with Crippen LogP contribution in [-0.2, 0) is 9.53 Å². The monoisotopic (exact) mass is 301 g/mol. The molecule has 1 unspecified atom stereocenters. The predicted octanol–water partition coefficient (Wildman–Crippen LogP) is 1.83. The van der Waals surface area contributed by atoms with E-state index in [9.17, 15) is 4.79 Å². The Morgan fingerprint density at radius 3 is 2.55 bits per heavy atom. The number of methoxy groups -OCH3 is 1. The molecule has 0 spiro atoms. The molecule has 0 bridgehead atoms. The number of carbonyl (C=O) groups is 1. The number of esters is 1. The maximum atomic E-state index is 11.1. The minimum atomic E-state index is -0.685. The van der Waals surface area contributed by atoms with Gasteiger partial charge in [-0.2, -0.15) is 0 Å². The average molecular weight is 302 g/mol. The zero-order valence-electron chi connectivity index (χ0n) is 11.7. The smallest absolute Gasteiger partial charge is 0.325 e. The van der Waals surface area contributed by atoms with Crippen molar-refractivity contribution in [2.45, 2.75) is 12.3 Å². The summed E-state index contributed by atoms with van der Waals surface area (Å²) in [5.74, 6) is 0.980. The van der Waals surface area contributed by atoms with Crippen molar-refractivity contribution >= 4 is 17.6 Å². The highest BCUT2D eigenvalue weighted by molar-refractivity contribution is 6.30. The molecule has 1 atom stereocenters. The van der Waals surface area contributed by atoms with E-state index in [1.54, 1.807) is 0 Å². The molecule has 0 aliphatic rings. The molecule has 0 aliphatic carbocycles. The first-order valence-corrected chi connectivity index (χ1v) is 6.90. The van der Waals surface area contributed by atoms with E-state index in [-0.39, 0.29) is 0 Å². The topological polar surface area (TPSA) is 56.8 Å². The number of hydrogen-bond donors (Lipinski definition) is 1. The Bertz CT molecular complexity index is 414. The first-order valence-electron chi connectivity index (χ1n) is 6.46. The van der Waals surface area contributed by atoms with Gasteiger partial charge in [0.25, 0.3) is 0 Å². The van der Waals surface area contributed by atoms with Crippen LogP contribution < -0.4 is 14.8 Å². The van der Waals surface area contributed by atoms with Crippen LogP contribution in [0, 0.1) is 0 Å². The second kappa shape index (κ2) is 9.44. The first-order chi connectivity index (χ1) is 9.69. The van der Waals surface area contributed by atoms with Crippen LogP contribution in [0.2, 0.25) is 0 Å². The van der Waals surface area contributed by atoms with Crippen LogP contribution in [0.3, 0.4) is 0 Å². The summed E-state index contributed by atoms with van der Waals surface area (Å²) in [5, 5.41) is 2.34. The largest absolute Gasteiger partial charge is 0.490 e. The number of carbonyl (C=O) groups excluding carboxylic acids is 1. The van der Waals surface area contributed by atoms with E-state index < -0.39 is 11.3 Å². The highest BCUT2D eigenvalue weighted by Gasteiger charge is 2.14. The zero-order chi connectivity index (χ0) is 14.8. The summed E-state index contributed by atoms with van der Waals surface area (Å²) < 4.78 is 15.6. The highest BCUT2D eigenvalue weighted by Crippen LogP contribution is 2.25. The Labute approximate surface area is 124 Å². The maximum absolute atomic E-state index is 11.1. The van der Waals surface area contributed by atoms with E-state index in [0.29, 0.717) is 32.1 Å². The molecule has 1 N–H and O–H groups in total. The molecule has 1 aromatic rings. The van der Waals surface area contributed by atoms with E-state index in [0.717, 1.165) is 5.75 Å². The zero-order valence-corrected chi connectivity index (χ0v) is 12.5. The molecule has 0 saturated heterocycles. The van der Waals surface area contributed by atoms with E-state index in [4.69, 9.17) is 21.1 Å². The Hall–Kier alpha value is -1.46. The number of para-hydroxylation sites is 2. The van der Waals surface area contributed by atoms with Gasteiger partial charge in [0.1, 0.15) is 12.0 Å². The molecule has 112 valence electrons. The maximum Gasteiger partial charge on any atom is 0.325 e. The summed E-state index contributed by atoms with van der Waals surface area (Å²) in [6.07, 6.45) is 0. The van der Waals surface area contributed by atoms with Crippen LogP contribution in [0.25, 0.3) is 0 Å². The molecule has 1 aromatic carbocycles. The van der Waals surface area contributed by atoms with E-state index in [1.807, 2.05) is 31.2 Å². The molecule has 0 aliphatic heterocycles. The van der Waals surface area contributed by atoms with Gasteiger partial charge in [0.2, 0.25) is 0 Å². The molecule has 5 nitrogen and oxygen atoms in total. The van der Waals surface area contributed by atoms with Gasteiger partial charge in [0.15, 0.2) is 11.5 Å². The molecule has 0 fully saturated rings. The summed E-state index contributed by atoms with van der Waals surface area (Å²) in [6, 6.07) is 7.49. The van der Waals surface area contributed by atoms with Gasteiger partial charge in [-0.1, -0.05) is 12.1 Å². The van der Waals surface area contributed by atoms with Gasteiger partial charge in [-0.05, 0) is 19.1 Å². The summed E-state index contributed by atoms with van der Waals surface area (Å²) >= 11 is 5.80. The van der Waals surface area contributed by atoms with Gasteiger partial charge >= 0.3 is 5.97 Å². The average Bonchev–Trinajstić information content (AvgIpc) is 2.47. The summed E-state index contributed by atoms with van der Waals surface area (Å²) in [5.41, 5.74) is 0. The number of ether oxygens (including phenoxy) is 3. The van der Waals surface area contributed by atoms with Crippen molar-refractivity contribution in [3.63, 3.8) is 0 Å². The fourth-order valence-electron chi connectivity index (χ4n) is 1.52. The second-order valence-corrected chi connectivity index (χ2v) is 4.45. The second-order valence-electron chi connectivity index (χ2n) is 3.92. The molecule has 0 heterocycles. The molecular formula is C14H20ClNO4. The van der Waals surface area contributed by atoms with E-state index in [1.165, 1.54) is 7.11 Å². The minimum absolute atomic E-state index is 0.338. The van der Waals surface area contributed by atoms with Gasteiger partial charge < -0.3 is 19.5 Å². The predicted molar refractivity (Wildman–Crippen MR) is 77.6 cm³/mol. The fraction of sp³-hybridized carbons (Fsp3) is 0.500. The number of rotatable bonds is 9. The van der Waals surface area contributed by atoms with Gasteiger partial charge in [0, 0.05) is 13.1 Å². The SMILES string of the molecule is CCOc1ccccc1OCCNCC(Cl)C(=O)OC. The Kier molecular flexibility index (Phi) is 7.84. The van der Waals surface area contributed by atoms with Crippen molar-refractivity contribution < 1.29 is 19.0 Å². The lowest BCUT2D eigenvalue weighted by Crippen LogP contribution is -2.32. The molecule has 0 amide bonds. The number of halogens is 1. The van der Waals surface area contributed by atoms with Crippen LogP contribution >= 0.6 is 11.6 Å². The third kappa shape index (κ3) is 5.67. The van der Waals surface area contributed by atoms with Crippen LogP contribution in [0.1, 0.15) is 6.92 Å². The van der Waals surface area contributed by atoms with Crippen LogP contribution in [0.4, 0.5) is 0 Å². The third-order valence-electron chi connectivity index (χ3n) is 2.47. The lowest BCUT2D eigenvalue weighted by atomic mass is 10.3. The molecule has 1 rings (SSSR count). The van der Waals surface area contributed by atoms with Crippen molar-refractivity contribution in [1.82, 2.24) is 5.32 Å². The standard InChI is InChI=1S/C14H20ClNO4/c1-3-19-12-6-4-5-7-13(12)20-9-8-16-10-11(15)14(17)18-2/h4-7,11,16H,3,8-10H2,1-2H3. The van der Waals surface area contributed by atoms with Crippen LogP contribution in [0.15, 0.2) is 24.3 Å². The van der Waals surface area contributed by atoms with Crippen molar-refractivity contribution in [2.24, 2.45) is 0 Å². The van der Waals surface area contributed by atoms with Gasteiger partial charge in [-0.15, -0.1) is 11.6 Å². The number of alkyl halides is 1. The third-order valence-corrected chi connectivity index (χ3v) is 2.80.